The maximum Gasteiger partial charge on any atom is 0.259 e. The Hall–Kier alpha value is -2.58. The molecule has 2 aromatic rings. The molecular formula is C19H24N2O5S. The average molecular weight is 392 g/mol. The van der Waals surface area contributed by atoms with Gasteiger partial charge in [0.15, 0.2) is 0 Å². The zero-order valence-corrected chi connectivity index (χ0v) is 16.6. The zero-order valence-electron chi connectivity index (χ0n) is 15.8. The molecule has 0 fully saturated rings. The fourth-order valence-corrected chi connectivity index (χ4v) is 4.16. The molecule has 1 amide bonds. The Bertz CT molecular complexity index is 937. The van der Waals surface area contributed by atoms with E-state index in [4.69, 9.17) is 4.74 Å². The first-order valence-electron chi connectivity index (χ1n) is 8.53. The molecule has 27 heavy (non-hydrogen) atoms. The van der Waals surface area contributed by atoms with Gasteiger partial charge in [0.2, 0.25) is 10.0 Å². The van der Waals surface area contributed by atoms with Crippen LogP contribution in [0.4, 0.5) is 5.69 Å². The van der Waals surface area contributed by atoms with Crippen molar-refractivity contribution in [1.29, 1.82) is 0 Å². The summed E-state index contributed by atoms with van der Waals surface area (Å²) in [5, 5.41) is 12.6. The van der Waals surface area contributed by atoms with Crippen molar-refractivity contribution in [2.24, 2.45) is 0 Å². The van der Waals surface area contributed by atoms with Crippen molar-refractivity contribution >= 4 is 21.6 Å². The fraction of sp³-hybridized carbons (Fsp3) is 0.316. The number of rotatable bonds is 7. The van der Waals surface area contributed by atoms with E-state index in [1.807, 2.05) is 6.92 Å². The number of phenols is 1. The number of carbonyl (C=O) groups excluding carboxylic acids is 1. The Kier molecular flexibility index (Phi) is 6.45. The van der Waals surface area contributed by atoms with Gasteiger partial charge in [0.05, 0.1) is 23.3 Å². The van der Waals surface area contributed by atoms with Crippen molar-refractivity contribution in [3.05, 3.63) is 47.5 Å². The van der Waals surface area contributed by atoms with Gasteiger partial charge in [-0.05, 0) is 42.8 Å². The molecule has 0 aromatic heterocycles. The van der Waals surface area contributed by atoms with E-state index in [0.29, 0.717) is 13.1 Å². The summed E-state index contributed by atoms with van der Waals surface area (Å²) in [7, 11) is -2.32. The number of aromatic hydroxyl groups is 1. The van der Waals surface area contributed by atoms with Gasteiger partial charge < -0.3 is 15.2 Å². The van der Waals surface area contributed by atoms with Crippen LogP contribution < -0.4 is 10.1 Å². The Morgan fingerprint density at radius 1 is 1.15 bits per heavy atom. The normalized spacial score (nSPS) is 11.4. The highest BCUT2D eigenvalue weighted by atomic mass is 32.2. The Balaban J connectivity index is 2.44. The molecule has 0 aliphatic carbocycles. The minimum atomic E-state index is -3.72. The molecule has 0 spiro atoms. The van der Waals surface area contributed by atoms with Crippen molar-refractivity contribution in [1.82, 2.24) is 4.31 Å². The molecule has 8 heteroatoms. The fourth-order valence-electron chi connectivity index (χ4n) is 2.67. The number of ether oxygens (including phenoxy) is 1. The van der Waals surface area contributed by atoms with Crippen molar-refractivity contribution in [2.75, 3.05) is 25.5 Å². The second-order valence-electron chi connectivity index (χ2n) is 5.93. The molecule has 0 atom stereocenters. The lowest BCUT2D eigenvalue weighted by Gasteiger charge is -2.19. The molecule has 0 saturated carbocycles. The SMILES string of the molecule is CCN(CC)S(=O)(=O)c1ccc(OC)c(C(=O)Nc2ccc(C)cc2O)c1. The molecule has 7 nitrogen and oxygen atoms in total. The molecule has 146 valence electrons. The predicted molar refractivity (Wildman–Crippen MR) is 104 cm³/mol. The summed E-state index contributed by atoms with van der Waals surface area (Å²) in [5.41, 5.74) is 1.13. The number of amides is 1. The van der Waals surface area contributed by atoms with Gasteiger partial charge in [-0.2, -0.15) is 4.31 Å². The number of anilines is 1. The van der Waals surface area contributed by atoms with Gasteiger partial charge in [-0.25, -0.2) is 8.42 Å². The van der Waals surface area contributed by atoms with Crippen molar-refractivity contribution in [3.63, 3.8) is 0 Å². The summed E-state index contributed by atoms with van der Waals surface area (Å²) in [6.07, 6.45) is 0. The first-order chi connectivity index (χ1) is 12.7. The third-order valence-corrected chi connectivity index (χ3v) is 6.21. The number of phenolic OH excluding ortho intramolecular Hbond substituents is 1. The van der Waals surface area contributed by atoms with Gasteiger partial charge in [0.25, 0.3) is 5.91 Å². The Morgan fingerprint density at radius 3 is 2.37 bits per heavy atom. The number of nitrogens with zero attached hydrogens (tertiary/aromatic N) is 1. The molecule has 0 aliphatic rings. The quantitative estimate of drug-likeness (QED) is 0.706. The van der Waals surface area contributed by atoms with E-state index in [0.717, 1.165) is 5.56 Å². The smallest absolute Gasteiger partial charge is 0.259 e. The Morgan fingerprint density at radius 2 is 1.81 bits per heavy atom. The summed E-state index contributed by atoms with van der Waals surface area (Å²) in [6.45, 7) is 5.96. The van der Waals surface area contributed by atoms with Crippen LogP contribution in [-0.4, -0.2) is 43.9 Å². The highest BCUT2D eigenvalue weighted by molar-refractivity contribution is 7.89. The number of hydrogen-bond acceptors (Lipinski definition) is 5. The molecule has 2 rings (SSSR count). The predicted octanol–water partition coefficient (Wildman–Crippen LogP) is 2.99. The van der Waals surface area contributed by atoms with Crippen LogP contribution in [0.1, 0.15) is 29.8 Å². The van der Waals surface area contributed by atoms with Crippen molar-refractivity contribution in [2.45, 2.75) is 25.7 Å². The van der Waals surface area contributed by atoms with Gasteiger partial charge in [0.1, 0.15) is 11.5 Å². The van der Waals surface area contributed by atoms with Crippen LogP contribution in [0.5, 0.6) is 11.5 Å². The topological polar surface area (TPSA) is 95.9 Å². The molecule has 2 N–H and O–H groups in total. The first kappa shape index (κ1) is 20.7. The third kappa shape index (κ3) is 4.40. The lowest BCUT2D eigenvalue weighted by molar-refractivity contribution is 0.102. The largest absolute Gasteiger partial charge is 0.506 e. The van der Waals surface area contributed by atoms with E-state index in [1.165, 1.54) is 35.7 Å². The molecule has 0 radical (unpaired) electrons. The minimum absolute atomic E-state index is 0.00489. The van der Waals surface area contributed by atoms with Gasteiger partial charge in [-0.15, -0.1) is 0 Å². The molecule has 2 aromatic carbocycles. The Labute approximate surface area is 159 Å². The van der Waals surface area contributed by atoms with Gasteiger partial charge in [-0.3, -0.25) is 4.79 Å². The third-order valence-electron chi connectivity index (χ3n) is 4.16. The summed E-state index contributed by atoms with van der Waals surface area (Å²) < 4.78 is 32.0. The number of methoxy groups -OCH3 is 1. The van der Waals surface area contributed by atoms with Crippen molar-refractivity contribution in [3.8, 4) is 11.5 Å². The number of hydrogen-bond donors (Lipinski definition) is 2. The van der Waals surface area contributed by atoms with E-state index < -0.39 is 15.9 Å². The van der Waals surface area contributed by atoms with Crippen LogP contribution in [0.15, 0.2) is 41.3 Å². The number of carbonyl (C=O) groups is 1. The number of benzene rings is 2. The van der Waals surface area contributed by atoms with Crippen LogP contribution in [0.25, 0.3) is 0 Å². The molecule has 0 heterocycles. The van der Waals surface area contributed by atoms with E-state index in [1.54, 1.807) is 26.0 Å². The highest BCUT2D eigenvalue weighted by Crippen LogP contribution is 2.28. The average Bonchev–Trinajstić information content (AvgIpc) is 2.64. The number of nitrogens with one attached hydrogen (secondary N) is 1. The van der Waals surface area contributed by atoms with E-state index in [9.17, 15) is 18.3 Å². The number of sulfonamides is 1. The zero-order chi connectivity index (χ0) is 20.2. The van der Waals surface area contributed by atoms with Crippen LogP contribution in [0.2, 0.25) is 0 Å². The molecular weight excluding hydrogens is 368 g/mol. The van der Waals surface area contributed by atoms with E-state index >= 15 is 0 Å². The van der Waals surface area contributed by atoms with Gasteiger partial charge in [-0.1, -0.05) is 19.9 Å². The first-order valence-corrected chi connectivity index (χ1v) is 9.97. The summed E-state index contributed by atoms with van der Waals surface area (Å²) in [5.74, 6) is -0.422. The monoisotopic (exact) mass is 392 g/mol. The number of aryl methyl sites for hydroxylation is 1. The summed E-state index contributed by atoms with van der Waals surface area (Å²) in [4.78, 5) is 12.7. The van der Waals surface area contributed by atoms with Gasteiger partial charge in [0, 0.05) is 13.1 Å². The lowest BCUT2D eigenvalue weighted by Crippen LogP contribution is -2.30. The molecule has 0 bridgehead atoms. The second kappa shape index (κ2) is 8.41. The lowest BCUT2D eigenvalue weighted by atomic mass is 10.1. The minimum Gasteiger partial charge on any atom is -0.506 e. The summed E-state index contributed by atoms with van der Waals surface area (Å²) in [6, 6.07) is 8.98. The van der Waals surface area contributed by atoms with Crippen LogP contribution >= 0.6 is 0 Å². The molecule has 0 saturated heterocycles. The highest BCUT2D eigenvalue weighted by Gasteiger charge is 2.24. The second-order valence-corrected chi connectivity index (χ2v) is 7.86. The van der Waals surface area contributed by atoms with Crippen molar-refractivity contribution < 1.29 is 23.1 Å². The van der Waals surface area contributed by atoms with Crippen LogP contribution in [0, 0.1) is 6.92 Å². The van der Waals surface area contributed by atoms with E-state index in [2.05, 4.69) is 5.32 Å². The van der Waals surface area contributed by atoms with Gasteiger partial charge >= 0.3 is 0 Å². The van der Waals surface area contributed by atoms with Crippen LogP contribution in [0.3, 0.4) is 0 Å². The summed E-state index contributed by atoms with van der Waals surface area (Å²) >= 11 is 0. The van der Waals surface area contributed by atoms with Crippen LogP contribution in [-0.2, 0) is 10.0 Å². The standard InChI is InChI=1S/C19H24N2O5S/c1-5-21(6-2)27(24,25)14-8-10-18(26-4)15(12-14)19(23)20-16-9-7-13(3)11-17(16)22/h7-12,22H,5-6H2,1-4H3,(H,20,23). The maximum absolute atomic E-state index is 12.7. The molecule has 0 unspecified atom stereocenters. The van der Waals surface area contributed by atoms with E-state index in [-0.39, 0.29) is 27.6 Å². The molecule has 0 aliphatic heterocycles. The maximum atomic E-state index is 12.7.